The van der Waals surface area contributed by atoms with Crippen LogP contribution in [0.2, 0.25) is 5.02 Å². The Hall–Kier alpha value is -1.35. The Morgan fingerprint density at radius 3 is 3.00 bits per heavy atom. The van der Waals surface area contributed by atoms with Crippen LogP contribution in [0.1, 0.15) is 0 Å². The lowest BCUT2D eigenvalue weighted by molar-refractivity contribution is 0.417. The van der Waals surface area contributed by atoms with E-state index in [2.05, 4.69) is 10.2 Å². The van der Waals surface area contributed by atoms with Crippen molar-refractivity contribution < 1.29 is 4.74 Å². The molecule has 1 aromatic carbocycles. The fourth-order valence-corrected chi connectivity index (χ4v) is 1.34. The van der Waals surface area contributed by atoms with Crippen molar-refractivity contribution in [2.75, 3.05) is 7.11 Å². The van der Waals surface area contributed by atoms with Crippen LogP contribution in [0.5, 0.6) is 5.75 Å². The third kappa shape index (κ3) is 1.42. The molecule has 0 atom stereocenters. The van der Waals surface area contributed by atoms with Crippen LogP contribution in [-0.2, 0) is 0 Å². The van der Waals surface area contributed by atoms with Crippen LogP contribution in [-0.4, -0.2) is 17.3 Å². The number of fused-ring (bicyclic) bond motifs is 1. The van der Waals surface area contributed by atoms with Crippen LogP contribution < -0.4 is 4.74 Å². The van der Waals surface area contributed by atoms with Gasteiger partial charge in [-0.05, 0) is 18.2 Å². The van der Waals surface area contributed by atoms with Crippen molar-refractivity contribution in [3.05, 3.63) is 29.4 Å². The second-order valence-electron chi connectivity index (χ2n) is 2.57. The van der Waals surface area contributed by atoms with E-state index in [1.54, 1.807) is 19.4 Å². The average molecular weight is 195 g/mol. The minimum atomic E-state index is 0.666. The normalized spacial score (nSPS) is 10.3. The van der Waals surface area contributed by atoms with Gasteiger partial charge in [0, 0.05) is 10.4 Å². The van der Waals surface area contributed by atoms with Crippen LogP contribution in [0.3, 0.4) is 0 Å². The van der Waals surface area contributed by atoms with Gasteiger partial charge in [-0.2, -0.15) is 10.2 Å². The number of halogens is 1. The maximum atomic E-state index is 5.84. The molecule has 66 valence electrons. The summed E-state index contributed by atoms with van der Waals surface area (Å²) in [6.07, 6.45) is 1.57. The Morgan fingerprint density at radius 2 is 2.23 bits per heavy atom. The van der Waals surface area contributed by atoms with Crippen LogP contribution in [0.25, 0.3) is 10.9 Å². The van der Waals surface area contributed by atoms with Crippen molar-refractivity contribution in [3.63, 3.8) is 0 Å². The van der Waals surface area contributed by atoms with Gasteiger partial charge in [0.15, 0.2) is 0 Å². The van der Waals surface area contributed by atoms with E-state index >= 15 is 0 Å². The summed E-state index contributed by atoms with van der Waals surface area (Å²) in [5.74, 6) is 0.688. The Morgan fingerprint density at radius 1 is 1.38 bits per heavy atom. The molecule has 0 aliphatic carbocycles. The van der Waals surface area contributed by atoms with E-state index in [1.807, 2.05) is 12.1 Å². The Kier molecular flexibility index (Phi) is 2.02. The number of ether oxygens (including phenoxy) is 1. The maximum absolute atomic E-state index is 5.84. The van der Waals surface area contributed by atoms with E-state index in [-0.39, 0.29) is 0 Å². The second-order valence-corrected chi connectivity index (χ2v) is 3.01. The zero-order valence-corrected chi connectivity index (χ0v) is 7.75. The molecule has 2 rings (SSSR count). The highest BCUT2D eigenvalue weighted by Gasteiger charge is 2.02. The van der Waals surface area contributed by atoms with E-state index in [0.717, 1.165) is 10.9 Å². The second kappa shape index (κ2) is 3.18. The number of aromatic nitrogens is 2. The highest BCUT2D eigenvalue weighted by atomic mass is 35.5. The first-order valence-corrected chi connectivity index (χ1v) is 4.14. The van der Waals surface area contributed by atoms with Crippen LogP contribution >= 0.6 is 11.6 Å². The van der Waals surface area contributed by atoms with Gasteiger partial charge >= 0.3 is 0 Å². The number of nitrogens with zero attached hydrogens (tertiary/aromatic N) is 2. The zero-order valence-electron chi connectivity index (χ0n) is 6.99. The molecule has 0 saturated heterocycles. The molecule has 0 radical (unpaired) electrons. The van der Waals surface area contributed by atoms with Gasteiger partial charge in [-0.15, -0.1) is 0 Å². The highest BCUT2D eigenvalue weighted by Crippen LogP contribution is 2.24. The summed E-state index contributed by atoms with van der Waals surface area (Å²) in [5, 5.41) is 9.28. The minimum absolute atomic E-state index is 0.666. The van der Waals surface area contributed by atoms with Gasteiger partial charge in [-0.3, -0.25) is 0 Å². The smallest absolute Gasteiger partial charge is 0.148 e. The summed E-state index contributed by atoms with van der Waals surface area (Å²) in [5.41, 5.74) is 0.781. The summed E-state index contributed by atoms with van der Waals surface area (Å²) in [6, 6.07) is 5.40. The largest absolute Gasteiger partial charge is 0.494 e. The molecule has 0 spiro atoms. The molecule has 0 aliphatic rings. The molecule has 3 nitrogen and oxygen atoms in total. The molecule has 0 amide bonds. The number of methoxy groups -OCH3 is 1. The summed E-state index contributed by atoms with van der Waals surface area (Å²) >= 11 is 5.84. The first-order valence-electron chi connectivity index (χ1n) is 3.76. The Balaban J connectivity index is 2.79. The molecule has 13 heavy (non-hydrogen) atoms. The molecule has 4 heteroatoms. The minimum Gasteiger partial charge on any atom is -0.494 e. The van der Waals surface area contributed by atoms with E-state index < -0.39 is 0 Å². The van der Waals surface area contributed by atoms with E-state index in [4.69, 9.17) is 16.3 Å². The van der Waals surface area contributed by atoms with Crippen molar-refractivity contribution in [2.24, 2.45) is 0 Å². The van der Waals surface area contributed by atoms with Crippen LogP contribution in [0.4, 0.5) is 0 Å². The Bertz CT molecular complexity index is 445. The van der Waals surface area contributed by atoms with Crippen molar-refractivity contribution in [1.29, 1.82) is 0 Å². The van der Waals surface area contributed by atoms with Gasteiger partial charge in [0.2, 0.25) is 0 Å². The molecule has 0 bridgehead atoms. The lowest BCUT2D eigenvalue weighted by Gasteiger charge is -2.02. The number of rotatable bonds is 1. The molecule has 0 N–H and O–H groups in total. The number of benzene rings is 1. The zero-order chi connectivity index (χ0) is 9.26. The van der Waals surface area contributed by atoms with Gasteiger partial charge in [0.1, 0.15) is 5.75 Å². The number of hydrogen-bond acceptors (Lipinski definition) is 3. The van der Waals surface area contributed by atoms with Crippen molar-refractivity contribution >= 4 is 22.5 Å². The maximum Gasteiger partial charge on any atom is 0.148 e. The predicted octanol–water partition coefficient (Wildman–Crippen LogP) is 2.29. The number of hydrogen-bond donors (Lipinski definition) is 0. The van der Waals surface area contributed by atoms with Crippen LogP contribution in [0.15, 0.2) is 24.4 Å². The summed E-state index contributed by atoms with van der Waals surface area (Å²) in [6.45, 7) is 0. The van der Waals surface area contributed by atoms with Gasteiger partial charge in [0.05, 0.1) is 18.8 Å². The molecule has 0 unspecified atom stereocenters. The lowest BCUT2D eigenvalue weighted by Crippen LogP contribution is -1.89. The van der Waals surface area contributed by atoms with Gasteiger partial charge < -0.3 is 4.74 Å². The third-order valence-electron chi connectivity index (χ3n) is 1.78. The third-order valence-corrected chi connectivity index (χ3v) is 2.02. The van der Waals surface area contributed by atoms with E-state index in [1.165, 1.54) is 0 Å². The van der Waals surface area contributed by atoms with Crippen molar-refractivity contribution in [2.45, 2.75) is 0 Å². The monoisotopic (exact) mass is 194 g/mol. The average Bonchev–Trinajstić information content (AvgIpc) is 2.17. The van der Waals surface area contributed by atoms with Gasteiger partial charge in [-0.1, -0.05) is 11.6 Å². The van der Waals surface area contributed by atoms with Crippen molar-refractivity contribution in [1.82, 2.24) is 10.2 Å². The summed E-state index contributed by atoms with van der Waals surface area (Å²) in [4.78, 5) is 0. The van der Waals surface area contributed by atoms with Gasteiger partial charge in [-0.25, -0.2) is 0 Å². The lowest BCUT2D eigenvalue weighted by atomic mass is 10.2. The topological polar surface area (TPSA) is 35.0 Å². The predicted molar refractivity (Wildman–Crippen MR) is 51.1 cm³/mol. The summed E-state index contributed by atoms with van der Waals surface area (Å²) in [7, 11) is 1.59. The summed E-state index contributed by atoms with van der Waals surface area (Å²) < 4.78 is 5.12. The SMILES string of the molecule is COc1cnnc2ccc(Cl)cc12. The molecular formula is C9H7ClN2O. The molecule has 0 fully saturated rings. The van der Waals surface area contributed by atoms with Crippen LogP contribution in [0, 0.1) is 0 Å². The van der Waals surface area contributed by atoms with E-state index in [9.17, 15) is 0 Å². The highest BCUT2D eigenvalue weighted by molar-refractivity contribution is 6.31. The van der Waals surface area contributed by atoms with E-state index in [0.29, 0.717) is 10.8 Å². The fourth-order valence-electron chi connectivity index (χ4n) is 1.17. The fraction of sp³-hybridized carbons (Fsp3) is 0.111. The Labute approximate surface area is 80.3 Å². The standard InChI is InChI=1S/C9H7ClN2O/c1-13-9-5-11-12-8-3-2-6(10)4-7(8)9/h2-5H,1H3. The first kappa shape index (κ1) is 8.26. The van der Waals surface area contributed by atoms with Gasteiger partial charge in [0.25, 0.3) is 0 Å². The molecule has 0 aliphatic heterocycles. The first-order chi connectivity index (χ1) is 6.31. The molecule has 0 saturated carbocycles. The molecular weight excluding hydrogens is 188 g/mol. The quantitative estimate of drug-likeness (QED) is 0.699. The molecule has 1 aromatic heterocycles. The molecule has 1 heterocycles. The van der Waals surface area contributed by atoms with Crippen molar-refractivity contribution in [3.8, 4) is 5.75 Å². The molecule has 2 aromatic rings.